The molecule has 78 valence electrons. The van der Waals surface area contributed by atoms with Crippen molar-refractivity contribution in [1.82, 2.24) is 0 Å². The lowest BCUT2D eigenvalue weighted by Crippen LogP contribution is -2.71. The van der Waals surface area contributed by atoms with Gasteiger partial charge in [-0.15, -0.1) is 0 Å². The molecule has 0 N–H and O–H groups in total. The van der Waals surface area contributed by atoms with E-state index in [0.29, 0.717) is 35.2 Å². The average molecular weight is 332 g/mol. The molecule has 5 saturated carbocycles. The van der Waals surface area contributed by atoms with Gasteiger partial charge in [0.1, 0.15) is 8.65 Å². The normalized spacial score (nSPS) is 75.9. The molecule has 0 aromatic rings. The molecule has 8 atom stereocenters. The van der Waals surface area contributed by atoms with E-state index in [2.05, 4.69) is 31.9 Å². The molecular formula is C11H8Br2O2. The number of hydrogen-bond donors (Lipinski definition) is 0. The van der Waals surface area contributed by atoms with Crippen molar-refractivity contribution in [3.63, 3.8) is 0 Å². The molecule has 0 aromatic heterocycles. The third kappa shape index (κ3) is 0.450. The van der Waals surface area contributed by atoms with Crippen molar-refractivity contribution < 1.29 is 9.59 Å². The van der Waals surface area contributed by atoms with Crippen LogP contribution in [0.15, 0.2) is 0 Å². The third-order valence-electron chi connectivity index (χ3n) is 5.93. The molecular weight excluding hydrogens is 324 g/mol. The van der Waals surface area contributed by atoms with E-state index in [4.69, 9.17) is 0 Å². The van der Waals surface area contributed by atoms with Gasteiger partial charge in [0.05, 0.1) is 0 Å². The summed E-state index contributed by atoms with van der Waals surface area (Å²) in [5.74, 6) is 2.78. The van der Waals surface area contributed by atoms with Crippen molar-refractivity contribution >= 4 is 43.4 Å². The maximum Gasteiger partial charge on any atom is 0.155 e. The van der Waals surface area contributed by atoms with Gasteiger partial charge in [-0.1, -0.05) is 31.9 Å². The predicted molar refractivity (Wildman–Crippen MR) is 58.9 cm³/mol. The summed E-state index contributed by atoms with van der Waals surface area (Å²) in [6, 6.07) is 0. The van der Waals surface area contributed by atoms with Crippen molar-refractivity contribution in [3.05, 3.63) is 0 Å². The van der Waals surface area contributed by atoms with E-state index in [9.17, 15) is 9.59 Å². The van der Waals surface area contributed by atoms with Crippen LogP contribution in [0.1, 0.15) is 6.42 Å². The molecule has 0 saturated heterocycles. The summed E-state index contributed by atoms with van der Waals surface area (Å²) in [6.45, 7) is 0. The topological polar surface area (TPSA) is 34.1 Å². The Morgan fingerprint density at radius 2 is 1.33 bits per heavy atom. The van der Waals surface area contributed by atoms with Gasteiger partial charge in [-0.25, -0.2) is 0 Å². The van der Waals surface area contributed by atoms with Gasteiger partial charge < -0.3 is 0 Å². The zero-order valence-electron chi connectivity index (χ0n) is 7.74. The molecule has 0 heterocycles. The van der Waals surface area contributed by atoms with E-state index in [1.165, 1.54) is 0 Å². The van der Waals surface area contributed by atoms with Crippen LogP contribution < -0.4 is 0 Å². The number of hydrogen-bond acceptors (Lipinski definition) is 2. The van der Waals surface area contributed by atoms with Crippen LogP contribution in [0, 0.1) is 35.5 Å². The van der Waals surface area contributed by atoms with Crippen molar-refractivity contribution in [3.8, 4) is 0 Å². The second-order valence-corrected chi connectivity index (χ2v) is 8.32. The van der Waals surface area contributed by atoms with Crippen LogP contribution in [-0.4, -0.2) is 20.2 Å². The number of carbonyl (C=O) groups is 2. The van der Waals surface area contributed by atoms with E-state index in [1.807, 2.05) is 0 Å². The van der Waals surface area contributed by atoms with Crippen LogP contribution in [0.25, 0.3) is 0 Å². The molecule has 0 aliphatic heterocycles. The minimum Gasteiger partial charge on any atom is -0.298 e. The van der Waals surface area contributed by atoms with Crippen LogP contribution in [0.4, 0.5) is 0 Å². The smallest absolute Gasteiger partial charge is 0.155 e. The molecule has 5 aliphatic carbocycles. The van der Waals surface area contributed by atoms with Gasteiger partial charge in [0, 0.05) is 11.8 Å². The van der Waals surface area contributed by atoms with Crippen LogP contribution in [0.2, 0.25) is 0 Å². The van der Waals surface area contributed by atoms with E-state index in [0.717, 1.165) is 6.42 Å². The second kappa shape index (κ2) is 1.82. The molecule has 15 heavy (non-hydrogen) atoms. The summed E-state index contributed by atoms with van der Waals surface area (Å²) in [4.78, 5) is 24.7. The lowest BCUT2D eigenvalue weighted by atomic mass is 9.59. The lowest BCUT2D eigenvalue weighted by Gasteiger charge is -2.56. The average Bonchev–Trinajstić information content (AvgIpc) is 2.79. The molecule has 0 aromatic carbocycles. The van der Waals surface area contributed by atoms with Gasteiger partial charge in [-0.3, -0.25) is 9.59 Å². The van der Waals surface area contributed by atoms with Crippen LogP contribution in [0.5, 0.6) is 0 Å². The Morgan fingerprint density at radius 1 is 0.933 bits per heavy atom. The zero-order chi connectivity index (χ0) is 10.3. The minimum atomic E-state index is -0.515. The fourth-order valence-electron chi connectivity index (χ4n) is 5.77. The Bertz CT molecular complexity index is 433. The fraction of sp³-hybridized carbons (Fsp3) is 0.818. The maximum atomic E-state index is 12.3. The Balaban J connectivity index is 1.95. The van der Waals surface area contributed by atoms with Crippen LogP contribution >= 0.6 is 31.9 Å². The van der Waals surface area contributed by atoms with E-state index < -0.39 is 8.65 Å². The highest BCUT2D eigenvalue weighted by Crippen LogP contribution is 2.87. The summed E-state index contributed by atoms with van der Waals surface area (Å²) in [5.41, 5.74) is 0. The van der Waals surface area contributed by atoms with Gasteiger partial charge in [0.2, 0.25) is 0 Å². The van der Waals surface area contributed by atoms with Crippen molar-refractivity contribution in [2.45, 2.75) is 15.1 Å². The summed E-state index contributed by atoms with van der Waals surface area (Å²) in [5, 5.41) is 0. The first-order chi connectivity index (χ1) is 7.04. The molecule has 0 unspecified atom stereocenters. The fourth-order valence-corrected chi connectivity index (χ4v) is 8.47. The zero-order valence-corrected chi connectivity index (χ0v) is 10.9. The standard InChI is InChI=1S/C11H8Br2O2/c12-10-6-2-1-3-5(4(2)8(10)14)9(15)11(10,13)7(3)6/h2-7H,1H2/t2-,3-,4+,5+,6-,7-,10-,11-/m1/s1. The highest BCUT2D eigenvalue weighted by atomic mass is 79.9. The molecule has 0 amide bonds. The molecule has 0 spiro atoms. The monoisotopic (exact) mass is 330 g/mol. The van der Waals surface area contributed by atoms with E-state index >= 15 is 0 Å². The first-order valence-corrected chi connectivity index (χ1v) is 7.09. The van der Waals surface area contributed by atoms with Crippen LogP contribution in [0.3, 0.4) is 0 Å². The number of carbonyl (C=O) groups excluding carboxylic acids is 2. The maximum absolute atomic E-state index is 12.3. The van der Waals surface area contributed by atoms with Crippen molar-refractivity contribution in [1.29, 1.82) is 0 Å². The largest absolute Gasteiger partial charge is 0.298 e. The second-order valence-electron chi connectivity index (χ2n) is 5.82. The highest BCUT2D eigenvalue weighted by Gasteiger charge is 2.95. The van der Waals surface area contributed by atoms with Crippen molar-refractivity contribution in [2.24, 2.45) is 35.5 Å². The minimum absolute atomic E-state index is 0.0799. The number of rotatable bonds is 0. The Morgan fingerprint density at radius 3 is 1.73 bits per heavy atom. The summed E-state index contributed by atoms with van der Waals surface area (Å²) >= 11 is 7.26. The number of ketones is 2. The van der Waals surface area contributed by atoms with Gasteiger partial charge in [0.15, 0.2) is 11.6 Å². The number of Topliss-reactive ketones (excluding diaryl/α,β-unsaturated/α-hetero) is 2. The molecule has 5 fully saturated rings. The molecule has 2 bridgehead atoms. The first-order valence-electron chi connectivity index (χ1n) is 5.51. The Labute approximate surface area is 103 Å². The first kappa shape index (κ1) is 8.40. The molecule has 4 heteroatoms. The Hall–Kier alpha value is 0.300. The summed E-state index contributed by atoms with van der Waals surface area (Å²) < 4.78 is -1.03. The molecule has 5 aliphatic rings. The summed E-state index contributed by atoms with van der Waals surface area (Å²) in [7, 11) is 0. The van der Waals surface area contributed by atoms with E-state index in [1.54, 1.807) is 0 Å². The number of halogens is 2. The lowest BCUT2D eigenvalue weighted by molar-refractivity contribution is -0.139. The SMILES string of the molecule is O=C1[C@H]2[C@H]3C[C@@H]4[C@@H]2C(=O)[C@]2(Br)[C@H]4[C@@H]3[C@@]12Br. The van der Waals surface area contributed by atoms with Gasteiger partial charge >= 0.3 is 0 Å². The van der Waals surface area contributed by atoms with Crippen molar-refractivity contribution in [2.75, 3.05) is 0 Å². The summed E-state index contributed by atoms with van der Waals surface area (Å²) in [6.07, 6.45) is 1.13. The van der Waals surface area contributed by atoms with Crippen LogP contribution in [-0.2, 0) is 9.59 Å². The quantitative estimate of drug-likeness (QED) is 0.631. The molecule has 0 radical (unpaired) electrons. The van der Waals surface area contributed by atoms with Gasteiger partial charge in [-0.05, 0) is 30.1 Å². The predicted octanol–water partition coefficient (Wildman–Crippen LogP) is 1.55. The van der Waals surface area contributed by atoms with Gasteiger partial charge in [0.25, 0.3) is 0 Å². The van der Waals surface area contributed by atoms with E-state index in [-0.39, 0.29) is 11.8 Å². The third-order valence-corrected chi connectivity index (χ3v) is 9.56. The molecule has 5 rings (SSSR count). The highest BCUT2D eigenvalue weighted by molar-refractivity contribution is 9.13. The number of fused-ring (bicyclic) bond motifs is 2. The number of alkyl halides is 2. The Kier molecular flexibility index (Phi) is 1.02. The molecule has 2 nitrogen and oxygen atoms in total. The van der Waals surface area contributed by atoms with Gasteiger partial charge in [-0.2, -0.15) is 0 Å².